The van der Waals surface area contributed by atoms with E-state index in [0.717, 1.165) is 31.2 Å². The molecule has 1 saturated carbocycles. The Bertz CT molecular complexity index is 461. The van der Waals surface area contributed by atoms with E-state index in [1.54, 1.807) is 6.07 Å². The van der Waals surface area contributed by atoms with Gasteiger partial charge in [0.05, 0.1) is 11.0 Å². The summed E-state index contributed by atoms with van der Waals surface area (Å²) in [5.41, 5.74) is 0.799. The molecule has 1 N–H and O–H groups in total. The molecular formula is C14H17BrFNO2. The summed E-state index contributed by atoms with van der Waals surface area (Å²) in [4.78, 5) is 12.9. The first-order valence-electron chi connectivity index (χ1n) is 6.46. The Kier molecular flexibility index (Phi) is 4.93. The number of hydrogen-bond acceptors (Lipinski definition) is 2. The second-order valence-electron chi connectivity index (χ2n) is 4.95. The van der Waals surface area contributed by atoms with E-state index in [2.05, 4.69) is 15.9 Å². The van der Waals surface area contributed by atoms with E-state index in [-0.39, 0.29) is 12.4 Å². The van der Waals surface area contributed by atoms with Crippen LogP contribution in [0.3, 0.4) is 0 Å². The third kappa shape index (κ3) is 3.76. The van der Waals surface area contributed by atoms with E-state index < -0.39 is 5.97 Å². The van der Waals surface area contributed by atoms with Crippen molar-refractivity contribution in [3.8, 4) is 0 Å². The van der Waals surface area contributed by atoms with Crippen molar-refractivity contribution in [2.75, 3.05) is 6.54 Å². The van der Waals surface area contributed by atoms with Crippen LogP contribution in [0.5, 0.6) is 0 Å². The van der Waals surface area contributed by atoms with Crippen LogP contribution < -0.4 is 0 Å². The number of rotatable bonds is 5. The standard InChI is InChI=1S/C14H17BrFNO2/c15-14-10(4-3-7-12(14)16)8-17(9-13(18)19)11-5-1-2-6-11/h3-4,7,11H,1-2,5-6,8-9H2,(H,18,19). The molecule has 0 unspecified atom stereocenters. The molecule has 1 aliphatic carbocycles. The number of nitrogens with zero attached hydrogens (tertiary/aromatic N) is 1. The molecule has 1 aromatic carbocycles. The average Bonchev–Trinajstić information content (AvgIpc) is 2.87. The second kappa shape index (κ2) is 6.48. The Morgan fingerprint density at radius 3 is 2.74 bits per heavy atom. The maximum absolute atomic E-state index is 13.5. The molecule has 2 rings (SSSR count). The van der Waals surface area contributed by atoms with E-state index in [0.29, 0.717) is 17.1 Å². The minimum Gasteiger partial charge on any atom is -0.480 e. The molecule has 19 heavy (non-hydrogen) atoms. The van der Waals surface area contributed by atoms with Crippen LogP contribution in [0.1, 0.15) is 31.2 Å². The van der Waals surface area contributed by atoms with Gasteiger partial charge in [0.25, 0.3) is 0 Å². The zero-order valence-electron chi connectivity index (χ0n) is 10.6. The molecule has 0 heterocycles. The molecule has 1 aliphatic rings. The molecule has 104 valence electrons. The van der Waals surface area contributed by atoms with Crippen LogP contribution in [-0.4, -0.2) is 28.6 Å². The maximum Gasteiger partial charge on any atom is 0.317 e. The fourth-order valence-corrected chi connectivity index (χ4v) is 3.04. The molecule has 0 radical (unpaired) electrons. The number of halogens is 2. The van der Waals surface area contributed by atoms with Crippen LogP contribution in [0.15, 0.2) is 22.7 Å². The lowest BCUT2D eigenvalue weighted by molar-refractivity contribution is -0.139. The average molecular weight is 330 g/mol. The molecular weight excluding hydrogens is 313 g/mol. The molecule has 0 amide bonds. The lowest BCUT2D eigenvalue weighted by Gasteiger charge is -2.27. The molecule has 1 fully saturated rings. The lowest BCUT2D eigenvalue weighted by atomic mass is 10.1. The molecule has 0 saturated heterocycles. The number of hydrogen-bond donors (Lipinski definition) is 1. The summed E-state index contributed by atoms with van der Waals surface area (Å²) in [5.74, 6) is -1.14. The number of aliphatic carboxylic acids is 1. The Labute approximate surface area is 120 Å². The van der Waals surface area contributed by atoms with Crippen molar-refractivity contribution in [1.82, 2.24) is 4.90 Å². The monoisotopic (exact) mass is 329 g/mol. The van der Waals surface area contributed by atoms with Crippen LogP contribution in [-0.2, 0) is 11.3 Å². The largest absolute Gasteiger partial charge is 0.480 e. The molecule has 1 aromatic rings. The molecule has 5 heteroatoms. The summed E-state index contributed by atoms with van der Waals surface area (Å²) in [6, 6.07) is 5.18. The van der Waals surface area contributed by atoms with Gasteiger partial charge in [-0.25, -0.2) is 4.39 Å². The quantitative estimate of drug-likeness (QED) is 0.899. The predicted octanol–water partition coefficient (Wildman–Crippen LogP) is 3.42. The third-order valence-electron chi connectivity index (χ3n) is 3.58. The van der Waals surface area contributed by atoms with E-state index >= 15 is 0 Å². The molecule has 0 spiro atoms. The van der Waals surface area contributed by atoms with Crippen molar-refractivity contribution in [3.05, 3.63) is 34.1 Å². The van der Waals surface area contributed by atoms with Gasteiger partial charge in [0, 0.05) is 12.6 Å². The van der Waals surface area contributed by atoms with Crippen LogP contribution in [0.4, 0.5) is 4.39 Å². The minimum atomic E-state index is -0.834. The Balaban J connectivity index is 2.14. The van der Waals surface area contributed by atoms with E-state index in [1.165, 1.54) is 6.07 Å². The molecule has 0 aliphatic heterocycles. The van der Waals surface area contributed by atoms with Crippen LogP contribution in [0, 0.1) is 5.82 Å². The molecule has 0 bridgehead atoms. The summed E-state index contributed by atoms with van der Waals surface area (Å²) in [6.45, 7) is 0.475. The molecule has 3 nitrogen and oxygen atoms in total. The zero-order chi connectivity index (χ0) is 13.8. The summed E-state index contributed by atoms with van der Waals surface area (Å²) in [7, 11) is 0. The van der Waals surface area contributed by atoms with Gasteiger partial charge in [0.2, 0.25) is 0 Å². The zero-order valence-corrected chi connectivity index (χ0v) is 12.2. The Morgan fingerprint density at radius 2 is 2.11 bits per heavy atom. The highest BCUT2D eigenvalue weighted by molar-refractivity contribution is 9.10. The van der Waals surface area contributed by atoms with Gasteiger partial charge in [-0.2, -0.15) is 0 Å². The van der Waals surface area contributed by atoms with Gasteiger partial charge < -0.3 is 5.11 Å². The van der Waals surface area contributed by atoms with Crippen LogP contribution >= 0.6 is 15.9 Å². The normalized spacial score (nSPS) is 16.2. The highest BCUT2D eigenvalue weighted by Gasteiger charge is 2.25. The van der Waals surface area contributed by atoms with Crippen molar-refractivity contribution in [2.24, 2.45) is 0 Å². The van der Waals surface area contributed by atoms with Crippen molar-refractivity contribution < 1.29 is 14.3 Å². The first-order chi connectivity index (χ1) is 9.08. The van der Waals surface area contributed by atoms with Crippen molar-refractivity contribution in [3.63, 3.8) is 0 Å². The molecule has 0 atom stereocenters. The number of benzene rings is 1. The highest BCUT2D eigenvalue weighted by atomic mass is 79.9. The topological polar surface area (TPSA) is 40.5 Å². The smallest absolute Gasteiger partial charge is 0.317 e. The van der Waals surface area contributed by atoms with Crippen LogP contribution in [0.25, 0.3) is 0 Å². The Hall–Kier alpha value is -0.940. The van der Waals surface area contributed by atoms with E-state index in [9.17, 15) is 9.18 Å². The van der Waals surface area contributed by atoms with Crippen molar-refractivity contribution in [1.29, 1.82) is 0 Å². The van der Waals surface area contributed by atoms with E-state index in [1.807, 2.05) is 11.0 Å². The predicted molar refractivity (Wildman–Crippen MR) is 74.4 cm³/mol. The number of carbonyl (C=O) groups is 1. The summed E-state index contributed by atoms with van der Waals surface area (Å²) >= 11 is 3.23. The maximum atomic E-state index is 13.5. The van der Waals surface area contributed by atoms with Gasteiger partial charge in [-0.05, 0) is 40.4 Å². The lowest BCUT2D eigenvalue weighted by Crippen LogP contribution is -2.37. The fourth-order valence-electron chi connectivity index (χ4n) is 2.65. The second-order valence-corrected chi connectivity index (χ2v) is 5.74. The summed E-state index contributed by atoms with van der Waals surface area (Å²) < 4.78 is 13.9. The number of carboxylic acids is 1. The summed E-state index contributed by atoms with van der Waals surface area (Å²) in [6.07, 6.45) is 4.34. The Morgan fingerprint density at radius 1 is 1.42 bits per heavy atom. The molecule has 0 aromatic heterocycles. The van der Waals surface area contributed by atoms with Crippen LogP contribution in [0.2, 0.25) is 0 Å². The van der Waals surface area contributed by atoms with Gasteiger partial charge in [-0.15, -0.1) is 0 Å². The fraction of sp³-hybridized carbons (Fsp3) is 0.500. The number of carboxylic acid groups (broad SMARTS) is 1. The summed E-state index contributed by atoms with van der Waals surface area (Å²) in [5, 5.41) is 9.02. The van der Waals surface area contributed by atoms with Gasteiger partial charge >= 0.3 is 5.97 Å². The van der Waals surface area contributed by atoms with Gasteiger partial charge in [0.15, 0.2) is 0 Å². The van der Waals surface area contributed by atoms with Gasteiger partial charge in [0.1, 0.15) is 5.82 Å². The third-order valence-corrected chi connectivity index (χ3v) is 4.47. The van der Waals surface area contributed by atoms with Crippen molar-refractivity contribution >= 4 is 21.9 Å². The first kappa shape index (κ1) is 14.5. The first-order valence-corrected chi connectivity index (χ1v) is 7.26. The van der Waals surface area contributed by atoms with Gasteiger partial charge in [-0.1, -0.05) is 25.0 Å². The van der Waals surface area contributed by atoms with Gasteiger partial charge in [-0.3, -0.25) is 9.69 Å². The van der Waals surface area contributed by atoms with E-state index in [4.69, 9.17) is 5.11 Å². The van der Waals surface area contributed by atoms with Crippen molar-refractivity contribution in [2.45, 2.75) is 38.3 Å². The minimum absolute atomic E-state index is 0.00756. The highest BCUT2D eigenvalue weighted by Crippen LogP contribution is 2.27. The SMILES string of the molecule is O=C(O)CN(Cc1cccc(F)c1Br)C1CCCC1.